The Labute approximate surface area is 183 Å². The van der Waals surface area contributed by atoms with E-state index in [1.807, 2.05) is 0 Å². The Kier molecular flexibility index (Phi) is 6.13. The second-order valence-corrected chi connectivity index (χ2v) is 8.24. The molecule has 0 bridgehead atoms. The summed E-state index contributed by atoms with van der Waals surface area (Å²) in [5.74, 6) is -2.93. The van der Waals surface area contributed by atoms with Crippen molar-refractivity contribution < 1.29 is 37.7 Å². The number of carbonyl (C=O) groups excluding carboxylic acids is 1. The van der Waals surface area contributed by atoms with Crippen LogP contribution in [0.4, 0.5) is 8.78 Å². The Morgan fingerprint density at radius 2 is 1.62 bits per heavy atom. The highest BCUT2D eigenvalue weighted by atomic mass is 19.1. The van der Waals surface area contributed by atoms with Crippen LogP contribution in [0.2, 0.25) is 0 Å². The average Bonchev–Trinajstić information content (AvgIpc) is 3.08. The molecule has 0 spiro atoms. The third kappa shape index (κ3) is 4.24. The molecule has 0 amide bonds. The first-order chi connectivity index (χ1) is 14.8. The molecule has 32 heavy (non-hydrogen) atoms. The van der Waals surface area contributed by atoms with Gasteiger partial charge in [-0.3, -0.25) is 0 Å². The zero-order valence-electron chi connectivity index (χ0n) is 18.2. The molecule has 0 saturated carbocycles. The number of aliphatic hydroxyl groups excluding tert-OH is 1. The summed E-state index contributed by atoms with van der Waals surface area (Å²) in [5, 5.41) is 20.8. The molecule has 0 radical (unpaired) electrons. The highest BCUT2D eigenvalue weighted by Crippen LogP contribution is 2.40. The minimum Gasteiger partial charge on any atom is -0.458 e. The van der Waals surface area contributed by atoms with Gasteiger partial charge in [0.05, 0.1) is 0 Å². The van der Waals surface area contributed by atoms with E-state index in [0.717, 1.165) is 0 Å². The van der Waals surface area contributed by atoms with Gasteiger partial charge < -0.3 is 24.1 Å². The molecule has 6 nitrogen and oxygen atoms in total. The molecular formula is C24H24F2O6. The van der Waals surface area contributed by atoms with Crippen molar-refractivity contribution in [3.8, 4) is 5.75 Å². The molecular weight excluding hydrogens is 422 g/mol. The predicted molar refractivity (Wildman–Crippen MR) is 115 cm³/mol. The van der Waals surface area contributed by atoms with Gasteiger partial charge in [-0.2, -0.15) is 4.39 Å². The fraction of sp³-hybridized carbons (Fsp3) is 0.292. The standard InChI is InChI=1S/C24H24F2O6/c1-11(2)22(27)30-16-10-9-14-13-7-8-15(17(25)19(13)31-20(14)18(16)26)21(24(5,6)29)32-23(28)12(3)4/h7-10,21-22,27,29H,1,3H2,2,4-6H3. The summed E-state index contributed by atoms with van der Waals surface area (Å²) in [5.41, 5.74) is -2.00. The molecule has 2 atom stereocenters. The second kappa shape index (κ2) is 8.37. The first-order valence-corrected chi connectivity index (χ1v) is 9.75. The first kappa shape index (κ1) is 23.4. The lowest BCUT2D eigenvalue weighted by Gasteiger charge is -2.29. The van der Waals surface area contributed by atoms with E-state index < -0.39 is 35.6 Å². The van der Waals surface area contributed by atoms with Crippen molar-refractivity contribution in [1.82, 2.24) is 0 Å². The largest absolute Gasteiger partial charge is 0.458 e. The van der Waals surface area contributed by atoms with Gasteiger partial charge in [-0.05, 0) is 51.5 Å². The number of aliphatic hydroxyl groups is 2. The van der Waals surface area contributed by atoms with Gasteiger partial charge in [-0.15, -0.1) is 0 Å². The maximum atomic E-state index is 15.5. The normalized spacial score (nSPS) is 13.8. The van der Waals surface area contributed by atoms with Crippen molar-refractivity contribution in [2.45, 2.75) is 45.7 Å². The minimum atomic E-state index is -1.64. The zero-order chi connectivity index (χ0) is 24.0. The summed E-state index contributed by atoms with van der Waals surface area (Å²) in [6, 6.07) is 5.58. The topological polar surface area (TPSA) is 89.1 Å². The molecule has 3 rings (SSSR count). The Hall–Kier alpha value is -3.23. The fourth-order valence-corrected chi connectivity index (χ4v) is 3.15. The van der Waals surface area contributed by atoms with Gasteiger partial charge >= 0.3 is 5.97 Å². The van der Waals surface area contributed by atoms with Crippen molar-refractivity contribution in [3.05, 3.63) is 65.8 Å². The summed E-state index contributed by atoms with van der Waals surface area (Å²) in [7, 11) is 0. The summed E-state index contributed by atoms with van der Waals surface area (Å²) in [6.45, 7) is 12.7. The Balaban J connectivity index is 2.15. The van der Waals surface area contributed by atoms with Crippen LogP contribution in [0, 0.1) is 11.6 Å². The quantitative estimate of drug-likeness (QED) is 0.228. The van der Waals surface area contributed by atoms with Crippen LogP contribution in [-0.4, -0.2) is 28.1 Å². The van der Waals surface area contributed by atoms with E-state index >= 15 is 4.39 Å². The van der Waals surface area contributed by atoms with Crippen LogP contribution in [0.1, 0.15) is 39.4 Å². The lowest BCUT2D eigenvalue weighted by atomic mass is 9.93. The van der Waals surface area contributed by atoms with Crippen molar-refractivity contribution in [3.63, 3.8) is 0 Å². The molecule has 1 heterocycles. The number of rotatable bonds is 7. The van der Waals surface area contributed by atoms with Crippen LogP contribution in [-0.2, 0) is 9.53 Å². The first-order valence-electron chi connectivity index (χ1n) is 9.75. The molecule has 1 aromatic heterocycles. The van der Waals surface area contributed by atoms with Crippen molar-refractivity contribution in [1.29, 1.82) is 0 Å². The fourth-order valence-electron chi connectivity index (χ4n) is 3.15. The Morgan fingerprint density at radius 1 is 1.06 bits per heavy atom. The molecule has 2 N–H and O–H groups in total. The number of carbonyl (C=O) groups is 1. The number of halogens is 2. The van der Waals surface area contributed by atoms with Gasteiger partial charge in [0, 0.05) is 21.9 Å². The van der Waals surface area contributed by atoms with Gasteiger partial charge in [-0.25, -0.2) is 9.18 Å². The van der Waals surface area contributed by atoms with Crippen LogP contribution in [0.3, 0.4) is 0 Å². The molecule has 0 aliphatic rings. The van der Waals surface area contributed by atoms with Gasteiger partial charge in [0.15, 0.2) is 28.8 Å². The van der Waals surface area contributed by atoms with E-state index in [2.05, 4.69) is 13.2 Å². The lowest BCUT2D eigenvalue weighted by Crippen LogP contribution is -2.33. The molecule has 8 heteroatoms. The Morgan fingerprint density at radius 3 is 2.16 bits per heavy atom. The molecule has 2 unspecified atom stereocenters. The number of esters is 1. The van der Waals surface area contributed by atoms with Gasteiger partial charge in [-0.1, -0.05) is 19.2 Å². The van der Waals surface area contributed by atoms with Crippen LogP contribution in [0.5, 0.6) is 5.75 Å². The third-order valence-corrected chi connectivity index (χ3v) is 4.84. The lowest BCUT2D eigenvalue weighted by molar-refractivity contribution is -0.158. The number of hydrogen-bond donors (Lipinski definition) is 2. The summed E-state index contributed by atoms with van der Waals surface area (Å²) >= 11 is 0. The smallest absolute Gasteiger partial charge is 0.333 e. The number of hydrogen-bond acceptors (Lipinski definition) is 6. The van der Waals surface area contributed by atoms with Crippen LogP contribution < -0.4 is 4.74 Å². The molecule has 0 aliphatic heterocycles. The van der Waals surface area contributed by atoms with E-state index in [1.165, 1.54) is 52.0 Å². The van der Waals surface area contributed by atoms with E-state index in [0.29, 0.717) is 0 Å². The highest BCUT2D eigenvalue weighted by Gasteiger charge is 2.35. The maximum absolute atomic E-state index is 15.5. The van der Waals surface area contributed by atoms with Crippen molar-refractivity contribution >= 4 is 27.9 Å². The van der Waals surface area contributed by atoms with E-state index in [-0.39, 0.29) is 44.4 Å². The van der Waals surface area contributed by atoms with Crippen LogP contribution in [0.25, 0.3) is 21.9 Å². The monoisotopic (exact) mass is 446 g/mol. The number of ether oxygens (including phenoxy) is 2. The molecule has 170 valence electrons. The summed E-state index contributed by atoms with van der Waals surface area (Å²) < 4.78 is 46.3. The van der Waals surface area contributed by atoms with Gasteiger partial charge in [0.25, 0.3) is 0 Å². The minimum absolute atomic E-state index is 0.0797. The van der Waals surface area contributed by atoms with Crippen molar-refractivity contribution in [2.24, 2.45) is 0 Å². The number of benzene rings is 2. The maximum Gasteiger partial charge on any atom is 0.333 e. The number of furan rings is 1. The molecule has 2 aromatic carbocycles. The molecule has 0 aliphatic carbocycles. The Bertz CT molecular complexity index is 1230. The van der Waals surface area contributed by atoms with Gasteiger partial charge in [0.2, 0.25) is 12.1 Å². The van der Waals surface area contributed by atoms with E-state index in [4.69, 9.17) is 13.9 Å². The zero-order valence-corrected chi connectivity index (χ0v) is 18.2. The predicted octanol–water partition coefficient (Wildman–Crippen LogP) is 5.07. The average molecular weight is 446 g/mol. The molecule has 0 fully saturated rings. The van der Waals surface area contributed by atoms with Crippen LogP contribution in [0.15, 0.2) is 53.0 Å². The third-order valence-electron chi connectivity index (χ3n) is 4.84. The highest BCUT2D eigenvalue weighted by molar-refractivity contribution is 6.05. The summed E-state index contributed by atoms with van der Waals surface area (Å²) in [4.78, 5) is 12.0. The van der Waals surface area contributed by atoms with Crippen LogP contribution >= 0.6 is 0 Å². The van der Waals surface area contributed by atoms with Gasteiger partial charge in [0.1, 0.15) is 5.60 Å². The second-order valence-electron chi connectivity index (χ2n) is 8.24. The van der Waals surface area contributed by atoms with Crippen molar-refractivity contribution in [2.75, 3.05) is 0 Å². The van der Waals surface area contributed by atoms with E-state index in [1.54, 1.807) is 0 Å². The summed E-state index contributed by atoms with van der Waals surface area (Å²) in [6.07, 6.45) is -2.80. The molecule has 0 saturated heterocycles. The SMILES string of the molecule is C=C(C)C(=O)OC(c1ccc2c(oc3c(F)c(OC(O)C(=C)C)ccc32)c1F)C(C)(C)O. The molecule has 3 aromatic rings. The number of fused-ring (bicyclic) bond motifs is 3. The van der Waals surface area contributed by atoms with E-state index in [9.17, 15) is 19.4 Å².